The fraction of sp³-hybridized carbons (Fsp3) is 0.182. The maximum Gasteiger partial charge on any atom is 0.263 e. The predicted octanol–water partition coefficient (Wildman–Crippen LogP) is 1.10. The maximum atomic E-state index is 12.1. The van der Waals surface area contributed by atoms with E-state index in [0.29, 0.717) is 12.4 Å². The molecule has 2 heterocycles. The van der Waals surface area contributed by atoms with Crippen LogP contribution in [0.15, 0.2) is 41.8 Å². The van der Waals surface area contributed by atoms with Gasteiger partial charge >= 0.3 is 0 Å². The normalized spacial score (nSPS) is 11.0. The first kappa shape index (κ1) is 13.2. The highest BCUT2D eigenvalue weighted by molar-refractivity contribution is 7.92. The van der Waals surface area contributed by atoms with Gasteiger partial charge in [-0.15, -0.1) is 0 Å². The molecule has 0 aliphatic heterocycles. The summed E-state index contributed by atoms with van der Waals surface area (Å²) in [5, 5.41) is 2.95. The van der Waals surface area contributed by atoms with E-state index in [2.05, 4.69) is 25.0 Å². The number of sulfonamides is 1. The van der Waals surface area contributed by atoms with E-state index in [1.54, 1.807) is 0 Å². The van der Waals surface area contributed by atoms with Crippen molar-refractivity contribution < 1.29 is 8.42 Å². The van der Waals surface area contributed by atoms with E-state index in [-0.39, 0.29) is 10.7 Å². The van der Waals surface area contributed by atoms with E-state index in [9.17, 15) is 8.42 Å². The molecule has 0 aliphatic rings. The Morgan fingerprint density at radius 1 is 1.16 bits per heavy atom. The fourth-order valence-corrected chi connectivity index (χ4v) is 2.41. The first-order valence-corrected chi connectivity index (χ1v) is 7.09. The van der Waals surface area contributed by atoms with E-state index in [1.165, 1.54) is 36.9 Å². The number of hydrogen-bond donors (Lipinski definition) is 2. The van der Waals surface area contributed by atoms with Crippen molar-refractivity contribution in [1.29, 1.82) is 0 Å². The van der Waals surface area contributed by atoms with Gasteiger partial charge in [0.2, 0.25) is 0 Å². The third-order valence-corrected chi connectivity index (χ3v) is 3.55. The standard InChI is InChI=1S/C11H13N5O2S/c1-2-13-10-7-9(3-4-14-10)19(17,18)16-11-8-12-5-6-15-11/h3-8H,2H2,1H3,(H,13,14)(H,15,16). The van der Waals surface area contributed by atoms with Gasteiger partial charge in [0.25, 0.3) is 10.0 Å². The van der Waals surface area contributed by atoms with E-state index < -0.39 is 10.0 Å². The second-order valence-corrected chi connectivity index (χ2v) is 5.29. The van der Waals surface area contributed by atoms with Crippen molar-refractivity contribution in [1.82, 2.24) is 15.0 Å². The Bertz CT molecular complexity index is 645. The van der Waals surface area contributed by atoms with Crippen molar-refractivity contribution in [3.63, 3.8) is 0 Å². The molecule has 2 aromatic rings. The van der Waals surface area contributed by atoms with Crippen LogP contribution in [0.25, 0.3) is 0 Å². The summed E-state index contributed by atoms with van der Waals surface area (Å²) >= 11 is 0. The van der Waals surface area contributed by atoms with Crippen LogP contribution in [0, 0.1) is 0 Å². The molecule has 0 unspecified atom stereocenters. The molecule has 7 nitrogen and oxygen atoms in total. The summed E-state index contributed by atoms with van der Waals surface area (Å²) in [6.45, 7) is 2.56. The number of nitrogens with zero attached hydrogens (tertiary/aromatic N) is 3. The van der Waals surface area contributed by atoms with Crippen LogP contribution in [0.1, 0.15) is 6.92 Å². The lowest BCUT2D eigenvalue weighted by molar-refractivity contribution is 0.601. The molecule has 0 spiro atoms. The SMILES string of the molecule is CCNc1cc(S(=O)(=O)Nc2cnccn2)ccn1. The zero-order valence-corrected chi connectivity index (χ0v) is 11.1. The van der Waals surface area contributed by atoms with Gasteiger partial charge in [0.15, 0.2) is 5.82 Å². The highest BCUT2D eigenvalue weighted by Gasteiger charge is 2.15. The molecule has 0 saturated heterocycles. The summed E-state index contributed by atoms with van der Waals surface area (Å²) < 4.78 is 26.6. The van der Waals surface area contributed by atoms with Crippen molar-refractivity contribution in [2.24, 2.45) is 0 Å². The van der Waals surface area contributed by atoms with Gasteiger partial charge < -0.3 is 5.32 Å². The molecule has 0 saturated carbocycles. The summed E-state index contributed by atoms with van der Waals surface area (Å²) in [7, 11) is -3.69. The van der Waals surface area contributed by atoms with E-state index in [0.717, 1.165) is 0 Å². The minimum Gasteiger partial charge on any atom is -0.370 e. The molecule has 100 valence electrons. The first-order valence-electron chi connectivity index (χ1n) is 5.60. The minimum absolute atomic E-state index is 0.115. The molecule has 2 N–H and O–H groups in total. The molecule has 0 aliphatic carbocycles. The maximum absolute atomic E-state index is 12.1. The highest BCUT2D eigenvalue weighted by Crippen LogP contribution is 2.15. The van der Waals surface area contributed by atoms with Crippen LogP contribution in [-0.2, 0) is 10.0 Å². The zero-order valence-electron chi connectivity index (χ0n) is 10.2. The second kappa shape index (κ2) is 5.61. The Labute approximate surface area is 111 Å². The second-order valence-electron chi connectivity index (χ2n) is 3.60. The van der Waals surface area contributed by atoms with Crippen LogP contribution < -0.4 is 10.0 Å². The Morgan fingerprint density at radius 3 is 2.63 bits per heavy atom. The van der Waals surface area contributed by atoms with Gasteiger partial charge in [0, 0.05) is 31.2 Å². The first-order chi connectivity index (χ1) is 9.12. The molecule has 0 bridgehead atoms. The van der Waals surface area contributed by atoms with Gasteiger partial charge in [-0.3, -0.25) is 9.71 Å². The number of nitrogens with one attached hydrogen (secondary N) is 2. The zero-order chi connectivity index (χ0) is 13.7. The van der Waals surface area contributed by atoms with E-state index in [1.807, 2.05) is 6.92 Å². The smallest absolute Gasteiger partial charge is 0.263 e. The molecule has 0 amide bonds. The number of anilines is 2. The molecule has 2 rings (SSSR count). The molecular formula is C11H13N5O2S. The van der Waals surface area contributed by atoms with Gasteiger partial charge in [-0.1, -0.05) is 0 Å². The molecule has 19 heavy (non-hydrogen) atoms. The summed E-state index contributed by atoms with van der Waals surface area (Å²) in [6.07, 6.45) is 5.65. The predicted molar refractivity (Wildman–Crippen MR) is 71.2 cm³/mol. The Balaban J connectivity index is 2.27. The van der Waals surface area contributed by atoms with Crippen LogP contribution in [-0.4, -0.2) is 29.9 Å². The van der Waals surface area contributed by atoms with Crippen molar-refractivity contribution in [2.75, 3.05) is 16.6 Å². The number of aromatic nitrogens is 3. The van der Waals surface area contributed by atoms with Crippen LogP contribution >= 0.6 is 0 Å². The number of hydrogen-bond acceptors (Lipinski definition) is 6. The molecule has 8 heteroatoms. The molecule has 0 fully saturated rings. The lowest BCUT2D eigenvalue weighted by Gasteiger charge is -2.08. The molecule has 0 aromatic carbocycles. The summed E-state index contributed by atoms with van der Waals surface area (Å²) in [6, 6.07) is 2.88. The van der Waals surface area contributed by atoms with E-state index in [4.69, 9.17) is 0 Å². The molecule has 0 radical (unpaired) electrons. The molecular weight excluding hydrogens is 266 g/mol. The van der Waals surface area contributed by atoms with Crippen molar-refractivity contribution in [3.8, 4) is 0 Å². The average Bonchev–Trinajstić information content (AvgIpc) is 2.40. The topological polar surface area (TPSA) is 96.9 Å². The molecule has 0 atom stereocenters. The van der Waals surface area contributed by atoms with E-state index >= 15 is 0 Å². The van der Waals surface area contributed by atoms with Crippen molar-refractivity contribution >= 4 is 21.7 Å². The van der Waals surface area contributed by atoms with Gasteiger partial charge in [0.1, 0.15) is 5.82 Å². The van der Waals surface area contributed by atoms with Crippen molar-refractivity contribution in [2.45, 2.75) is 11.8 Å². The van der Waals surface area contributed by atoms with Crippen LogP contribution in [0.3, 0.4) is 0 Å². The third-order valence-electron chi connectivity index (χ3n) is 2.20. The Kier molecular flexibility index (Phi) is 3.91. The van der Waals surface area contributed by atoms with Crippen molar-refractivity contribution in [3.05, 3.63) is 36.9 Å². The number of rotatable bonds is 5. The lowest BCUT2D eigenvalue weighted by atomic mass is 10.4. The Morgan fingerprint density at radius 2 is 1.95 bits per heavy atom. The summed E-state index contributed by atoms with van der Waals surface area (Å²) in [4.78, 5) is 11.8. The van der Waals surface area contributed by atoms with Gasteiger partial charge in [-0.25, -0.2) is 18.4 Å². The highest BCUT2D eigenvalue weighted by atomic mass is 32.2. The van der Waals surface area contributed by atoms with Gasteiger partial charge in [-0.05, 0) is 13.0 Å². The Hall–Kier alpha value is -2.22. The molecule has 2 aromatic heterocycles. The van der Waals surface area contributed by atoms with Gasteiger partial charge in [0.05, 0.1) is 11.1 Å². The summed E-state index contributed by atoms with van der Waals surface area (Å²) in [5.74, 6) is 0.675. The van der Waals surface area contributed by atoms with Crippen LogP contribution in [0.5, 0.6) is 0 Å². The number of pyridine rings is 1. The summed E-state index contributed by atoms with van der Waals surface area (Å²) in [5.41, 5.74) is 0. The largest absolute Gasteiger partial charge is 0.370 e. The lowest BCUT2D eigenvalue weighted by Crippen LogP contribution is -2.14. The van der Waals surface area contributed by atoms with Gasteiger partial charge in [-0.2, -0.15) is 0 Å². The average molecular weight is 279 g/mol. The monoisotopic (exact) mass is 279 g/mol. The quantitative estimate of drug-likeness (QED) is 0.850. The minimum atomic E-state index is -3.69. The fourth-order valence-electron chi connectivity index (χ4n) is 1.40. The van der Waals surface area contributed by atoms with Crippen LogP contribution in [0.2, 0.25) is 0 Å². The van der Waals surface area contributed by atoms with Crippen LogP contribution in [0.4, 0.5) is 11.6 Å². The third kappa shape index (κ3) is 3.38.